The molecule has 4 rings (SSSR count). The third-order valence-electron chi connectivity index (χ3n) is 4.98. The Kier molecular flexibility index (Phi) is 7.15. The Morgan fingerprint density at radius 1 is 1.36 bits per heavy atom. The number of amides is 2. The Bertz CT molecular complexity index is 1420. The fourth-order valence-corrected chi connectivity index (χ4v) is 3.92. The maximum Gasteiger partial charge on any atom is 0.387 e. The summed E-state index contributed by atoms with van der Waals surface area (Å²) in [7, 11) is 3.16. The van der Waals surface area contributed by atoms with E-state index in [-0.39, 0.29) is 46.5 Å². The summed E-state index contributed by atoms with van der Waals surface area (Å²) in [6.45, 7) is -3.28. The number of nitrogens with one attached hydrogen (secondary N) is 3. The second-order valence-electron chi connectivity index (χ2n) is 7.61. The Hall–Kier alpha value is -4.46. The lowest BCUT2D eigenvalue weighted by molar-refractivity contribution is -0.129. The molecule has 0 bridgehead atoms. The van der Waals surface area contributed by atoms with Gasteiger partial charge in [0.15, 0.2) is 0 Å². The number of anilines is 1. The zero-order valence-corrected chi connectivity index (χ0v) is 19.8. The number of hydrogen-bond donors (Lipinski definition) is 3. The number of allylic oxidation sites excluding steroid dienone is 1. The third-order valence-corrected chi connectivity index (χ3v) is 5.74. The van der Waals surface area contributed by atoms with E-state index in [4.69, 9.17) is 10.1 Å². The molecule has 0 radical (unpaired) electrons. The molecule has 186 valence electrons. The molecule has 1 aliphatic heterocycles. The molecule has 36 heavy (non-hydrogen) atoms. The van der Waals surface area contributed by atoms with Gasteiger partial charge in [-0.05, 0) is 29.7 Å². The number of aliphatic imine (C=N–C) groups is 1. The van der Waals surface area contributed by atoms with Crippen molar-refractivity contribution < 1.29 is 23.1 Å². The maximum absolute atomic E-state index is 13.2. The predicted octanol–water partition coefficient (Wildman–Crippen LogP) is 2.84. The highest BCUT2D eigenvalue weighted by Crippen LogP contribution is 2.39. The number of benzene rings is 1. The molecular formula is C22H20F2N8O3S. The van der Waals surface area contributed by atoms with Crippen molar-refractivity contribution in [3.05, 3.63) is 48.2 Å². The summed E-state index contributed by atoms with van der Waals surface area (Å²) in [4.78, 5) is 30.8. The summed E-state index contributed by atoms with van der Waals surface area (Å²) in [6, 6.07) is 2.99. The molecule has 0 fully saturated rings. The van der Waals surface area contributed by atoms with E-state index in [9.17, 15) is 18.4 Å². The Morgan fingerprint density at radius 3 is 2.83 bits per heavy atom. The minimum absolute atomic E-state index is 0.0827. The van der Waals surface area contributed by atoms with E-state index in [1.54, 1.807) is 32.4 Å². The van der Waals surface area contributed by atoms with Crippen molar-refractivity contribution >= 4 is 51.5 Å². The van der Waals surface area contributed by atoms with Gasteiger partial charge in [-0.2, -0.15) is 18.3 Å². The highest BCUT2D eigenvalue weighted by Gasteiger charge is 2.23. The largest absolute Gasteiger partial charge is 0.434 e. The SMILES string of the molecule is CN(C)C(=O)Cn1cc(NC(=O)/C(C=N)=C2\N=CC=CN2)c(-c2cc3sncc3cc2OC(F)F)n1. The summed E-state index contributed by atoms with van der Waals surface area (Å²) in [5, 5.41) is 18.1. The van der Waals surface area contributed by atoms with Gasteiger partial charge in [-0.25, -0.2) is 4.99 Å². The van der Waals surface area contributed by atoms with E-state index in [1.807, 2.05) is 0 Å². The average Bonchev–Trinajstić information content (AvgIpc) is 3.45. The van der Waals surface area contributed by atoms with Crippen LogP contribution in [0.1, 0.15) is 0 Å². The van der Waals surface area contributed by atoms with Crippen LogP contribution in [0.2, 0.25) is 0 Å². The molecule has 11 nitrogen and oxygen atoms in total. The molecule has 3 N–H and O–H groups in total. The van der Waals surface area contributed by atoms with Crippen LogP contribution in [0.25, 0.3) is 21.3 Å². The quantitative estimate of drug-likeness (QED) is 0.312. The van der Waals surface area contributed by atoms with E-state index >= 15 is 0 Å². The van der Waals surface area contributed by atoms with Crippen LogP contribution in [-0.4, -0.2) is 64.0 Å². The molecule has 1 aliphatic rings. The Balaban J connectivity index is 1.81. The summed E-state index contributed by atoms with van der Waals surface area (Å²) in [6.07, 6.45) is 8.38. The average molecular weight is 515 g/mol. The lowest BCUT2D eigenvalue weighted by Gasteiger charge is -2.12. The summed E-state index contributed by atoms with van der Waals surface area (Å²) in [5.74, 6) is -1.00. The van der Waals surface area contributed by atoms with Crippen LogP contribution in [0.3, 0.4) is 0 Å². The minimum atomic E-state index is -3.11. The monoisotopic (exact) mass is 514 g/mol. The molecule has 0 unspecified atom stereocenters. The number of hydrogen-bond acceptors (Lipinski definition) is 9. The Morgan fingerprint density at radius 2 is 2.17 bits per heavy atom. The Labute approximate surface area is 207 Å². The molecule has 0 aliphatic carbocycles. The highest BCUT2D eigenvalue weighted by atomic mass is 32.1. The van der Waals surface area contributed by atoms with Crippen molar-refractivity contribution in [3.63, 3.8) is 0 Å². The van der Waals surface area contributed by atoms with Crippen molar-refractivity contribution in [2.75, 3.05) is 19.4 Å². The first-order valence-corrected chi connectivity index (χ1v) is 11.2. The van der Waals surface area contributed by atoms with Crippen molar-refractivity contribution in [2.45, 2.75) is 13.2 Å². The zero-order chi connectivity index (χ0) is 25.8. The van der Waals surface area contributed by atoms with Gasteiger partial charge < -0.3 is 25.7 Å². The molecule has 2 amide bonds. The van der Waals surface area contributed by atoms with Gasteiger partial charge in [0.1, 0.15) is 23.8 Å². The molecule has 3 heterocycles. The van der Waals surface area contributed by atoms with Crippen LogP contribution < -0.4 is 15.4 Å². The number of fused-ring (bicyclic) bond motifs is 1. The fraction of sp³-hybridized carbons (Fsp3) is 0.182. The number of halogens is 2. The topological polar surface area (TPSA) is 138 Å². The molecule has 2 aromatic heterocycles. The van der Waals surface area contributed by atoms with Crippen LogP contribution in [0.15, 0.2) is 53.2 Å². The van der Waals surface area contributed by atoms with Crippen LogP contribution in [0, 0.1) is 5.41 Å². The third kappa shape index (κ3) is 5.27. The highest BCUT2D eigenvalue weighted by molar-refractivity contribution is 7.13. The van der Waals surface area contributed by atoms with Crippen molar-refractivity contribution in [1.82, 2.24) is 24.4 Å². The number of carbonyl (C=O) groups is 2. The zero-order valence-electron chi connectivity index (χ0n) is 19.0. The molecule has 0 saturated heterocycles. The number of aromatic nitrogens is 3. The van der Waals surface area contributed by atoms with Gasteiger partial charge in [0.2, 0.25) is 5.91 Å². The predicted molar refractivity (Wildman–Crippen MR) is 131 cm³/mol. The van der Waals surface area contributed by atoms with E-state index in [0.29, 0.717) is 10.1 Å². The molecule has 14 heteroatoms. The van der Waals surface area contributed by atoms with E-state index in [0.717, 1.165) is 17.7 Å². The number of alkyl halides is 2. The second kappa shape index (κ2) is 10.4. The molecule has 3 aromatic rings. The van der Waals surface area contributed by atoms with Crippen LogP contribution in [0.5, 0.6) is 5.75 Å². The van der Waals surface area contributed by atoms with Crippen molar-refractivity contribution in [2.24, 2.45) is 4.99 Å². The summed E-state index contributed by atoms with van der Waals surface area (Å²) in [5.41, 5.74) is 0.292. The lowest BCUT2D eigenvalue weighted by atomic mass is 10.1. The van der Waals surface area contributed by atoms with Gasteiger partial charge in [0.05, 0.1) is 16.0 Å². The first-order valence-electron chi connectivity index (χ1n) is 10.4. The van der Waals surface area contributed by atoms with Gasteiger partial charge in [-0.15, -0.1) is 0 Å². The fourth-order valence-electron chi connectivity index (χ4n) is 3.25. The van der Waals surface area contributed by atoms with Gasteiger partial charge in [-0.3, -0.25) is 14.3 Å². The number of rotatable bonds is 8. The first kappa shape index (κ1) is 24.7. The van der Waals surface area contributed by atoms with E-state index in [1.165, 1.54) is 34.3 Å². The van der Waals surface area contributed by atoms with Crippen LogP contribution in [0.4, 0.5) is 14.5 Å². The van der Waals surface area contributed by atoms with E-state index < -0.39 is 12.5 Å². The smallest absolute Gasteiger partial charge is 0.387 e. The molecule has 0 saturated carbocycles. The second-order valence-corrected chi connectivity index (χ2v) is 8.44. The normalized spacial score (nSPS) is 14.0. The van der Waals surface area contributed by atoms with Gasteiger partial charge >= 0.3 is 6.61 Å². The van der Waals surface area contributed by atoms with Crippen LogP contribution >= 0.6 is 11.5 Å². The molecule has 1 aromatic carbocycles. The van der Waals surface area contributed by atoms with Gasteiger partial charge in [0.25, 0.3) is 5.91 Å². The number of nitrogens with zero attached hydrogens (tertiary/aromatic N) is 5. The standard InChI is InChI=1S/C22H20F2N8O3S/c1-31(2)18(33)11-32-10-15(29-21(34)14(8-25)20-26-4-3-5-27-20)19(30-32)13-7-17-12(9-28-36-17)6-16(13)35-22(23)24/h3-10,22,25-26H,11H2,1-2H3,(H,29,34)/b20-14-,25-8?. The van der Waals surface area contributed by atoms with Crippen molar-refractivity contribution in [1.29, 1.82) is 5.41 Å². The van der Waals surface area contributed by atoms with Crippen LogP contribution in [-0.2, 0) is 16.1 Å². The summed E-state index contributed by atoms with van der Waals surface area (Å²) >= 11 is 1.15. The molecular weight excluding hydrogens is 494 g/mol. The number of carbonyl (C=O) groups excluding carboxylic acids is 2. The van der Waals surface area contributed by atoms with Crippen molar-refractivity contribution in [3.8, 4) is 17.0 Å². The lowest BCUT2D eigenvalue weighted by Crippen LogP contribution is -2.26. The molecule has 0 atom stereocenters. The van der Waals surface area contributed by atoms with E-state index in [2.05, 4.69) is 25.1 Å². The maximum atomic E-state index is 13.2. The number of ether oxygens (including phenoxy) is 1. The summed E-state index contributed by atoms with van der Waals surface area (Å²) < 4.78 is 37.3. The van der Waals surface area contributed by atoms with Gasteiger partial charge in [0, 0.05) is 56.1 Å². The van der Waals surface area contributed by atoms with Gasteiger partial charge in [-0.1, -0.05) is 0 Å². The number of likely N-dealkylation sites (N-methyl/N-ethyl adjacent to an activating group) is 1. The minimum Gasteiger partial charge on any atom is -0.434 e. The molecule has 0 spiro atoms. The first-order chi connectivity index (χ1) is 17.3.